The third-order valence-corrected chi connectivity index (χ3v) is 0.796. The Kier molecular flexibility index (Phi) is 7.56. The molecule has 2 N–H and O–H groups in total. The van der Waals surface area contributed by atoms with Crippen molar-refractivity contribution in [3.05, 3.63) is 24.3 Å². The Morgan fingerprint density at radius 3 is 1.46 bits per heavy atom. The molecule has 0 amide bonds. The molecule has 0 spiro atoms. The summed E-state index contributed by atoms with van der Waals surface area (Å²) in [7, 11) is 0. The summed E-state index contributed by atoms with van der Waals surface area (Å²) >= 11 is 0. The van der Waals surface area contributed by atoms with E-state index in [1.54, 1.807) is 0 Å². The van der Waals surface area contributed by atoms with Gasteiger partial charge in [-0.3, -0.25) is 4.89 Å². The molecule has 0 heterocycles. The van der Waals surface area contributed by atoms with Crippen LogP contribution < -0.4 is 0 Å². The van der Waals surface area contributed by atoms with Crippen LogP contribution in [0.15, 0.2) is 24.3 Å². The summed E-state index contributed by atoms with van der Waals surface area (Å²) in [4.78, 5) is 22.8. The Morgan fingerprint density at radius 2 is 1.46 bits per heavy atom. The summed E-state index contributed by atoms with van der Waals surface area (Å²) in [5.74, 6) is -1.73. The molecular formula is C8H12O5. The van der Waals surface area contributed by atoms with Crippen LogP contribution in [0, 0.1) is 0 Å². The van der Waals surface area contributed by atoms with Gasteiger partial charge in [-0.2, -0.15) is 5.26 Å². The molecule has 0 atom stereocenters. The smallest absolute Gasteiger partial charge is 0.367 e. The van der Waals surface area contributed by atoms with Gasteiger partial charge in [0.2, 0.25) is 0 Å². The summed E-state index contributed by atoms with van der Waals surface area (Å²) in [5.41, 5.74) is 0.359. The molecule has 5 heteroatoms. The van der Waals surface area contributed by atoms with Gasteiger partial charge in [-0.1, -0.05) is 13.2 Å². The maximum absolute atomic E-state index is 9.94. The molecule has 0 saturated carbocycles. The Balaban J connectivity index is 0. The van der Waals surface area contributed by atoms with Crippen molar-refractivity contribution in [3.8, 4) is 0 Å². The van der Waals surface area contributed by atoms with E-state index in [9.17, 15) is 9.59 Å². The summed E-state index contributed by atoms with van der Waals surface area (Å²) in [6, 6.07) is 0. The lowest BCUT2D eigenvalue weighted by Crippen LogP contribution is -1.99. The molecule has 0 bridgehead atoms. The highest BCUT2D eigenvalue weighted by Crippen LogP contribution is 1.86. The minimum atomic E-state index is -0.935. The van der Waals surface area contributed by atoms with E-state index in [0.717, 1.165) is 0 Å². The summed E-state index contributed by atoms with van der Waals surface area (Å²) in [5, 5.41) is 15.5. The lowest BCUT2D eigenvalue weighted by Gasteiger charge is -1.88. The van der Waals surface area contributed by atoms with Gasteiger partial charge < -0.3 is 5.11 Å². The van der Waals surface area contributed by atoms with Crippen LogP contribution in [-0.4, -0.2) is 22.3 Å². The molecule has 0 fully saturated rings. The first-order chi connectivity index (χ1) is 5.82. The second-order valence-corrected chi connectivity index (χ2v) is 2.24. The predicted octanol–water partition coefficient (Wildman–Crippen LogP) is 1.23. The zero-order valence-electron chi connectivity index (χ0n) is 7.53. The van der Waals surface area contributed by atoms with E-state index < -0.39 is 11.9 Å². The van der Waals surface area contributed by atoms with E-state index in [0.29, 0.717) is 0 Å². The molecule has 0 aromatic carbocycles. The SMILES string of the molecule is C=C(C)C(=O)O.C=C(C)C(=O)OO. The molecule has 0 rings (SSSR count). The van der Waals surface area contributed by atoms with Crippen molar-refractivity contribution in [2.24, 2.45) is 0 Å². The van der Waals surface area contributed by atoms with Crippen LogP contribution in [0.2, 0.25) is 0 Å². The van der Waals surface area contributed by atoms with Crippen molar-refractivity contribution in [2.45, 2.75) is 13.8 Å². The molecule has 0 unspecified atom stereocenters. The van der Waals surface area contributed by atoms with Crippen LogP contribution in [0.3, 0.4) is 0 Å². The van der Waals surface area contributed by atoms with Crippen LogP contribution >= 0.6 is 0 Å². The second-order valence-electron chi connectivity index (χ2n) is 2.24. The van der Waals surface area contributed by atoms with Crippen molar-refractivity contribution in [3.63, 3.8) is 0 Å². The van der Waals surface area contributed by atoms with E-state index in [1.807, 2.05) is 0 Å². The normalized spacial score (nSPS) is 7.62. The van der Waals surface area contributed by atoms with Gasteiger partial charge in [0, 0.05) is 11.1 Å². The molecular weight excluding hydrogens is 176 g/mol. The maximum atomic E-state index is 9.94. The average Bonchev–Trinajstić information content (AvgIpc) is 2.03. The summed E-state index contributed by atoms with van der Waals surface area (Å²) < 4.78 is 0. The predicted molar refractivity (Wildman–Crippen MR) is 46.0 cm³/mol. The Hall–Kier alpha value is -1.62. The van der Waals surface area contributed by atoms with Gasteiger partial charge >= 0.3 is 11.9 Å². The molecule has 0 aliphatic carbocycles. The van der Waals surface area contributed by atoms with Gasteiger partial charge in [-0.05, 0) is 13.8 Å². The molecule has 5 nitrogen and oxygen atoms in total. The number of carbonyl (C=O) groups is 2. The molecule has 0 aromatic heterocycles. The Labute approximate surface area is 75.9 Å². The van der Waals surface area contributed by atoms with Crippen molar-refractivity contribution in [1.82, 2.24) is 0 Å². The third kappa shape index (κ3) is 10.4. The van der Waals surface area contributed by atoms with Crippen molar-refractivity contribution in [1.29, 1.82) is 0 Å². The fraction of sp³-hybridized carbons (Fsp3) is 0.250. The first-order valence-corrected chi connectivity index (χ1v) is 3.23. The quantitative estimate of drug-likeness (QED) is 0.386. The first-order valence-electron chi connectivity index (χ1n) is 3.23. The second kappa shape index (κ2) is 7.05. The van der Waals surface area contributed by atoms with E-state index in [-0.39, 0.29) is 11.1 Å². The number of rotatable bonds is 2. The van der Waals surface area contributed by atoms with Gasteiger partial charge in [-0.15, -0.1) is 0 Å². The largest absolute Gasteiger partial charge is 0.478 e. The zero-order valence-corrected chi connectivity index (χ0v) is 7.53. The van der Waals surface area contributed by atoms with Gasteiger partial charge in [-0.25, -0.2) is 9.59 Å². The van der Waals surface area contributed by atoms with E-state index in [2.05, 4.69) is 18.0 Å². The molecule has 74 valence electrons. The number of hydrogen-bond donors (Lipinski definition) is 2. The fourth-order valence-corrected chi connectivity index (χ4v) is 0.0779. The lowest BCUT2D eigenvalue weighted by molar-refractivity contribution is -0.229. The fourth-order valence-electron chi connectivity index (χ4n) is 0.0779. The minimum Gasteiger partial charge on any atom is -0.478 e. The van der Waals surface area contributed by atoms with Gasteiger partial charge in [0.15, 0.2) is 0 Å². The van der Waals surface area contributed by atoms with Crippen LogP contribution in [0.5, 0.6) is 0 Å². The number of carboxylic acids is 1. The molecule has 0 radical (unpaired) electrons. The molecule has 0 aromatic rings. The van der Waals surface area contributed by atoms with E-state index in [1.165, 1.54) is 13.8 Å². The first kappa shape index (κ1) is 13.9. The van der Waals surface area contributed by atoms with Crippen molar-refractivity contribution in [2.75, 3.05) is 0 Å². The Bertz CT molecular complexity index is 217. The standard InChI is InChI=1S/C4H6O3.C4H6O2/c1-3(2)4(5)7-6;1-3(2)4(5)6/h6H,1H2,2H3;1H2,2H3,(H,5,6). The topological polar surface area (TPSA) is 83.8 Å². The Morgan fingerprint density at radius 1 is 1.15 bits per heavy atom. The highest BCUT2D eigenvalue weighted by molar-refractivity contribution is 5.86. The van der Waals surface area contributed by atoms with Gasteiger partial charge in [0.05, 0.1) is 0 Å². The molecule has 0 aliphatic rings. The van der Waals surface area contributed by atoms with Crippen LogP contribution in [0.4, 0.5) is 0 Å². The summed E-state index contributed by atoms with van der Waals surface area (Å²) in [6.07, 6.45) is 0. The summed E-state index contributed by atoms with van der Waals surface area (Å²) in [6.45, 7) is 9.24. The highest BCUT2D eigenvalue weighted by Gasteiger charge is 1.98. The van der Waals surface area contributed by atoms with E-state index >= 15 is 0 Å². The lowest BCUT2D eigenvalue weighted by atomic mass is 10.4. The zero-order chi connectivity index (χ0) is 11.0. The maximum Gasteiger partial charge on any atom is 0.367 e. The van der Waals surface area contributed by atoms with E-state index in [4.69, 9.17) is 10.4 Å². The van der Waals surface area contributed by atoms with Gasteiger partial charge in [0.1, 0.15) is 0 Å². The molecule has 0 aliphatic heterocycles. The van der Waals surface area contributed by atoms with Crippen molar-refractivity contribution < 1.29 is 24.8 Å². The number of aliphatic carboxylic acids is 1. The molecule has 13 heavy (non-hydrogen) atoms. The van der Waals surface area contributed by atoms with Gasteiger partial charge in [0.25, 0.3) is 0 Å². The monoisotopic (exact) mass is 188 g/mol. The molecule has 0 saturated heterocycles. The van der Waals surface area contributed by atoms with Crippen molar-refractivity contribution >= 4 is 11.9 Å². The van der Waals surface area contributed by atoms with Crippen LogP contribution in [0.1, 0.15) is 13.8 Å². The van der Waals surface area contributed by atoms with Crippen LogP contribution in [0.25, 0.3) is 0 Å². The minimum absolute atomic E-state index is 0.176. The number of carbonyl (C=O) groups excluding carboxylic acids is 1. The van der Waals surface area contributed by atoms with Crippen LogP contribution in [-0.2, 0) is 14.5 Å². The number of hydrogen-bond acceptors (Lipinski definition) is 4. The number of carboxylic acid groups (broad SMARTS) is 1. The highest BCUT2D eigenvalue weighted by atomic mass is 17.1. The average molecular weight is 188 g/mol. The third-order valence-electron chi connectivity index (χ3n) is 0.796.